The van der Waals surface area contributed by atoms with Crippen LogP contribution in [0.5, 0.6) is 0 Å². The molecule has 2 nitrogen and oxygen atoms in total. The zero-order valence-corrected chi connectivity index (χ0v) is 8.71. The monoisotopic (exact) mass is 184 g/mol. The van der Waals surface area contributed by atoms with Crippen LogP contribution < -0.4 is 0 Å². The summed E-state index contributed by atoms with van der Waals surface area (Å²) in [6.07, 6.45) is 6.56. The highest BCUT2D eigenvalue weighted by Crippen LogP contribution is 2.24. The van der Waals surface area contributed by atoms with Crippen molar-refractivity contribution < 1.29 is 9.53 Å². The number of hydrogen-bond donors (Lipinski definition) is 0. The van der Waals surface area contributed by atoms with Gasteiger partial charge < -0.3 is 4.74 Å². The van der Waals surface area contributed by atoms with Crippen LogP contribution in [0.25, 0.3) is 0 Å². The second-order valence-electron chi connectivity index (χ2n) is 4.04. The van der Waals surface area contributed by atoms with E-state index in [-0.39, 0.29) is 12.1 Å². The van der Waals surface area contributed by atoms with Crippen LogP contribution in [-0.2, 0) is 9.53 Å². The van der Waals surface area contributed by atoms with Crippen molar-refractivity contribution in [2.45, 2.75) is 58.5 Å². The standard InChI is InChI=1S/C11H20O2/c1-3-4-5-6-10-9(2)7-8-11(12)13-10/h9-10H,3-8H2,1-2H3/t9-,10?/m0/s1. The lowest BCUT2D eigenvalue weighted by molar-refractivity contribution is -0.158. The molecule has 2 heteroatoms. The average Bonchev–Trinajstić information content (AvgIpc) is 2.11. The summed E-state index contributed by atoms with van der Waals surface area (Å²) >= 11 is 0. The minimum absolute atomic E-state index is 0.000372. The number of cyclic esters (lactones) is 1. The molecule has 1 unspecified atom stereocenters. The van der Waals surface area contributed by atoms with E-state index in [1.54, 1.807) is 0 Å². The number of ether oxygens (including phenoxy) is 1. The van der Waals surface area contributed by atoms with Gasteiger partial charge in [0.25, 0.3) is 0 Å². The SMILES string of the molecule is CCCCCC1OC(=O)CC[C@@H]1C. The normalized spacial score (nSPS) is 28.6. The van der Waals surface area contributed by atoms with Crippen molar-refractivity contribution in [3.63, 3.8) is 0 Å². The van der Waals surface area contributed by atoms with Gasteiger partial charge in [-0.25, -0.2) is 0 Å². The molecule has 0 N–H and O–H groups in total. The minimum atomic E-state index is -0.000372. The predicted molar refractivity (Wildman–Crippen MR) is 52.4 cm³/mol. The third-order valence-electron chi connectivity index (χ3n) is 2.81. The highest BCUT2D eigenvalue weighted by Gasteiger charge is 2.26. The number of carbonyl (C=O) groups is 1. The number of hydrogen-bond acceptors (Lipinski definition) is 2. The van der Waals surface area contributed by atoms with Crippen molar-refractivity contribution in [3.8, 4) is 0 Å². The van der Waals surface area contributed by atoms with E-state index in [2.05, 4.69) is 13.8 Å². The van der Waals surface area contributed by atoms with Crippen LogP contribution in [0.1, 0.15) is 52.4 Å². The maximum Gasteiger partial charge on any atom is 0.306 e. The Hall–Kier alpha value is -0.530. The molecule has 1 aliphatic heterocycles. The van der Waals surface area contributed by atoms with Crippen LogP contribution in [0, 0.1) is 5.92 Å². The molecule has 2 atom stereocenters. The van der Waals surface area contributed by atoms with Crippen molar-refractivity contribution in [2.75, 3.05) is 0 Å². The largest absolute Gasteiger partial charge is 0.462 e. The van der Waals surface area contributed by atoms with Gasteiger partial charge >= 0.3 is 5.97 Å². The van der Waals surface area contributed by atoms with E-state index < -0.39 is 0 Å². The van der Waals surface area contributed by atoms with Crippen LogP contribution in [0.3, 0.4) is 0 Å². The van der Waals surface area contributed by atoms with Crippen molar-refractivity contribution >= 4 is 5.97 Å². The lowest BCUT2D eigenvalue weighted by Gasteiger charge is -2.28. The Morgan fingerprint density at radius 2 is 2.23 bits per heavy atom. The Labute approximate surface area is 80.7 Å². The van der Waals surface area contributed by atoms with E-state index in [1.807, 2.05) is 0 Å². The zero-order chi connectivity index (χ0) is 9.68. The second-order valence-corrected chi connectivity index (χ2v) is 4.04. The first kappa shape index (κ1) is 10.6. The fourth-order valence-electron chi connectivity index (χ4n) is 1.81. The molecule has 1 heterocycles. The third kappa shape index (κ3) is 3.37. The van der Waals surface area contributed by atoms with Crippen molar-refractivity contribution in [2.24, 2.45) is 5.92 Å². The zero-order valence-electron chi connectivity index (χ0n) is 8.71. The minimum Gasteiger partial charge on any atom is -0.462 e. The molecular formula is C11H20O2. The number of carbonyl (C=O) groups excluding carboxylic acids is 1. The van der Waals surface area contributed by atoms with Crippen molar-refractivity contribution in [1.29, 1.82) is 0 Å². The smallest absolute Gasteiger partial charge is 0.306 e. The molecule has 13 heavy (non-hydrogen) atoms. The highest BCUT2D eigenvalue weighted by atomic mass is 16.5. The molecule has 1 fully saturated rings. The Morgan fingerprint density at radius 3 is 2.92 bits per heavy atom. The van der Waals surface area contributed by atoms with Crippen LogP contribution in [-0.4, -0.2) is 12.1 Å². The summed E-state index contributed by atoms with van der Waals surface area (Å²) in [6.45, 7) is 4.37. The van der Waals surface area contributed by atoms with E-state index in [1.165, 1.54) is 19.3 Å². The maximum atomic E-state index is 11.0. The van der Waals surface area contributed by atoms with E-state index >= 15 is 0 Å². The Kier molecular flexibility index (Phi) is 4.26. The van der Waals surface area contributed by atoms with E-state index in [4.69, 9.17) is 4.74 Å². The number of esters is 1. The van der Waals surface area contributed by atoms with Gasteiger partial charge in [-0.2, -0.15) is 0 Å². The van der Waals surface area contributed by atoms with Gasteiger partial charge in [-0.15, -0.1) is 0 Å². The summed E-state index contributed by atoms with van der Waals surface area (Å²) in [5.74, 6) is 0.564. The quantitative estimate of drug-likeness (QED) is 0.496. The summed E-state index contributed by atoms with van der Waals surface area (Å²) in [4.78, 5) is 11.0. The Bertz CT molecular complexity index is 165. The maximum absolute atomic E-state index is 11.0. The van der Waals surface area contributed by atoms with Crippen LogP contribution in [0.15, 0.2) is 0 Å². The van der Waals surface area contributed by atoms with E-state index in [9.17, 15) is 4.79 Å². The molecular weight excluding hydrogens is 164 g/mol. The fraction of sp³-hybridized carbons (Fsp3) is 0.909. The average molecular weight is 184 g/mol. The van der Waals surface area contributed by atoms with Gasteiger partial charge in [0, 0.05) is 6.42 Å². The summed E-state index contributed by atoms with van der Waals surface area (Å²) in [5.41, 5.74) is 0. The summed E-state index contributed by atoms with van der Waals surface area (Å²) < 4.78 is 5.31. The molecule has 1 saturated heterocycles. The van der Waals surface area contributed by atoms with Crippen molar-refractivity contribution in [1.82, 2.24) is 0 Å². The van der Waals surface area contributed by atoms with Gasteiger partial charge in [0.15, 0.2) is 0 Å². The van der Waals surface area contributed by atoms with Crippen LogP contribution >= 0.6 is 0 Å². The van der Waals surface area contributed by atoms with Crippen LogP contribution in [0.4, 0.5) is 0 Å². The Morgan fingerprint density at radius 1 is 1.46 bits per heavy atom. The van der Waals surface area contributed by atoms with Gasteiger partial charge in [0.1, 0.15) is 6.10 Å². The molecule has 0 saturated carbocycles. The molecule has 0 amide bonds. The van der Waals surface area contributed by atoms with Crippen LogP contribution in [0.2, 0.25) is 0 Å². The van der Waals surface area contributed by atoms with E-state index in [0.29, 0.717) is 12.3 Å². The molecule has 0 aromatic carbocycles. The predicted octanol–water partition coefficient (Wildman–Crippen LogP) is 2.91. The first-order valence-electron chi connectivity index (χ1n) is 5.43. The molecule has 0 spiro atoms. The number of rotatable bonds is 4. The first-order chi connectivity index (χ1) is 6.24. The summed E-state index contributed by atoms with van der Waals surface area (Å²) in [7, 11) is 0. The Balaban J connectivity index is 2.25. The lowest BCUT2D eigenvalue weighted by Crippen LogP contribution is -2.30. The molecule has 0 aromatic heterocycles. The molecule has 1 aliphatic rings. The third-order valence-corrected chi connectivity index (χ3v) is 2.81. The summed E-state index contributed by atoms with van der Waals surface area (Å²) in [6, 6.07) is 0. The number of unbranched alkanes of at least 4 members (excludes halogenated alkanes) is 2. The first-order valence-corrected chi connectivity index (χ1v) is 5.43. The molecule has 76 valence electrons. The molecule has 0 aliphatic carbocycles. The van der Waals surface area contributed by atoms with E-state index in [0.717, 1.165) is 12.8 Å². The van der Waals surface area contributed by atoms with Gasteiger partial charge in [0.05, 0.1) is 0 Å². The molecule has 0 aromatic rings. The fourth-order valence-corrected chi connectivity index (χ4v) is 1.81. The second kappa shape index (κ2) is 5.25. The molecule has 0 bridgehead atoms. The van der Waals surface area contributed by atoms with Gasteiger partial charge in [-0.3, -0.25) is 4.79 Å². The van der Waals surface area contributed by atoms with Gasteiger partial charge in [0.2, 0.25) is 0 Å². The highest BCUT2D eigenvalue weighted by molar-refractivity contribution is 5.70. The van der Waals surface area contributed by atoms with Gasteiger partial charge in [-0.05, 0) is 25.2 Å². The lowest BCUT2D eigenvalue weighted by atomic mass is 9.92. The summed E-state index contributed by atoms with van der Waals surface area (Å²) in [5, 5.41) is 0. The molecule has 0 radical (unpaired) electrons. The molecule has 1 rings (SSSR count). The topological polar surface area (TPSA) is 26.3 Å². The van der Waals surface area contributed by atoms with Gasteiger partial charge in [-0.1, -0.05) is 26.7 Å². The van der Waals surface area contributed by atoms with Crippen molar-refractivity contribution in [3.05, 3.63) is 0 Å².